The van der Waals surface area contributed by atoms with Crippen molar-refractivity contribution in [3.63, 3.8) is 0 Å². The number of anilines is 1. The molecule has 154 valence electrons. The van der Waals surface area contributed by atoms with Crippen LogP contribution in [0.4, 0.5) is 5.82 Å². The molecule has 4 heterocycles. The summed E-state index contributed by atoms with van der Waals surface area (Å²) in [6.07, 6.45) is 2.27. The lowest BCUT2D eigenvalue weighted by Crippen LogP contribution is -2.31. The Morgan fingerprint density at radius 3 is 2.83 bits per heavy atom. The number of fused-ring (bicyclic) bond motifs is 3. The molecule has 0 atom stereocenters. The number of ether oxygens (including phenoxy) is 1. The van der Waals surface area contributed by atoms with Crippen molar-refractivity contribution >= 4 is 28.4 Å². The van der Waals surface area contributed by atoms with Gasteiger partial charge in [-0.1, -0.05) is 12.1 Å². The Kier molecular flexibility index (Phi) is 4.80. The van der Waals surface area contributed by atoms with Crippen LogP contribution in [0, 0.1) is 18.3 Å². The van der Waals surface area contributed by atoms with E-state index in [-0.39, 0.29) is 11.8 Å². The first-order valence-corrected chi connectivity index (χ1v) is 10.6. The quantitative estimate of drug-likeness (QED) is 0.711. The summed E-state index contributed by atoms with van der Waals surface area (Å²) in [6.45, 7) is 5.54. The van der Waals surface area contributed by atoms with Gasteiger partial charge in [-0.05, 0) is 48.9 Å². The summed E-state index contributed by atoms with van der Waals surface area (Å²) >= 11 is 0. The number of carbonyl (C=O) groups is 1. The molecule has 2 fully saturated rings. The van der Waals surface area contributed by atoms with Crippen LogP contribution in [0.1, 0.15) is 41.9 Å². The molecule has 2 saturated heterocycles. The average Bonchev–Trinajstić information content (AvgIpc) is 3.02. The number of nitrogens with one attached hydrogen (secondary N) is 1. The lowest BCUT2D eigenvalue weighted by Gasteiger charge is -2.31. The second kappa shape index (κ2) is 7.62. The molecule has 0 spiro atoms. The Morgan fingerprint density at radius 2 is 2.03 bits per heavy atom. The number of aromatic nitrogens is 2. The lowest BCUT2D eigenvalue weighted by molar-refractivity contribution is -0.120. The van der Waals surface area contributed by atoms with Gasteiger partial charge in [0.15, 0.2) is 5.65 Å². The van der Waals surface area contributed by atoms with Crippen molar-refractivity contribution in [3.8, 4) is 6.07 Å². The van der Waals surface area contributed by atoms with Gasteiger partial charge < -0.3 is 15.0 Å². The summed E-state index contributed by atoms with van der Waals surface area (Å²) in [5.74, 6) is 1.42. The van der Waals surface area contributed by atoms with Gasteiger partial charge in [0.1, 0.15) is 11.9 Å². The normalized spacial score (nSPS) is 18.4. The molecule has 0 bridgehead atoms. The molecule has 1 amide bonds. The molecule has 30 heavy (non-hydrogen) atoms. The third-order valence-electron chi connectivity index (χ3n) is 6.36. The molecule has 2 aromatic heterocycles. The van der Waals surface area contributed by atoms with Crippen molar-refractivity contribution in [1.29, 1.82) is 5.26 Å². The van der Waals surface area contributed by atoms with E-state index in [9.17, 15) is 10.1 Å². The van der Waals surface area contributed by atoms with Gasteiger partial charge in [-0.25, -0.2) is 4.98 Å². The minimum Gasteiger partial charge on any atom is -0.381 e. The lowest BCUT2D eigenvalue weighted by atomic mass is 9.86. The number of para-hydroxylation sites is 2. The summed E-state index contributed by atoms with van der Waals surface area (Å²) in [4.78, 5) is 19.1. The van der Waals surface area contributed by atoms with E-state index in [0.717, 1.165) is 47.4 Å². The zero-order valence-electron chi connectivity index (χ0n) is 17.1. The highest BCUT2D eigenvalue weighted by Gasteiger charge is 2.29. The Balaban J connectivity index is 1.82. The standard InChI is InChI=1S/C23H25N5O2/c1-15-21(16-7-12-30-13-8-16)17(14-24)22-26-18-4-2-3-5-19(18)28(22)23(15)27-10-6-20(29)25-9-11-27/h2-5,16H,6-13H2,1H3,(H,25,29). The highest BCUT2D eigenvalue weighted by molar-refractivity contribution is 5.87. The minimum absolute atomic E-state index is 0.0835. The zero-order valence-corrected chi connectivity index (χ0v) is 17.1. The van der Waals surface area contributed by atoms with E-state index in [1.165, 1.54) is 0 Å². The second-order valence-corrected chi connectivity index (χ2v) is 8.08. The number of rotatable bonds is 2. The maximum Gasteiger partial charge on any atom is 0.221 e. The summed E-state index contributed by atoms with van der Waals surface area (Å²) in [5.41, 5.74) is 5.46. The summed E-state index contributed by atoms with van der Waals surface area (Å²) in [5, 5.41) is 13.1. The van der Waals surface area contributed by atoms with Crippen LogP contribution in [0.25, 0.3) is 16.7 Å². The Hall–Kier alpha value is -3.11. The fourth-order valence-corrected chi connectivity index (χ4v) is 4.97. The number of carbonyl (C=O) groups excluding carboxylic acids is 1. The molecule has 5 rings (SSSR count). The fourth-order valence-electron chi connectivity index (χ4n) is 4.97. The van der Waals surface area contributed by atoms with Crippen LogP contribution < -0.4 is 10.2 Å². The van der Waals surface area contributed by atoms with Crippen molar-refractivity contribution in [1.82, 2.24) is 14.7 Å². The molecule has 3 aromatic rings. The summed E-state index contributed by atoms with van der Waals surface area (Å²) in [6, 6.07) is 10.5. The van der Waals surface area contributed by atoms with E-state index in [0.29, 0.717) is 43.9 Å². The summed E-state index contributed by atoms with van der Waals surface area (Å²) in [7, 11) is 0. The van der Waals surface area contributed by atoms with E-state index < -0.39 is 0 Å². The number of pyridine rings is 1. The first-order valence-electron chi connectivity index (χ1n) is 10.6. The van der Waals surface area contributed by atoms with Crippen molar-refractivity contribution in [2.45, 2.75) is 32.1 Å². The molecule has 0 radical (unpaired) electrons. The van der Waals surface area contributed by atoms with E-state index in [2.05, 4.69) is 33.7 Å². The number of nitriles is 1. The van der Waals surface area contributed by atoms with Gasteiger partial charge in [-0.15, -0.1) is 0 Å². The van der Waals surface area contributed by atoms with E-state index >= 15 is 0 Å². The molecule has 2 aliphatic heterocycles. The van der Waals surface area contributed by atoms with Crippen LogP contribution in [0.3, 0.4) is 0 Å². The van der Waals surface area contributed by atoms with Crippen LogP contribution in [-0.2, 0) is 9.53 Å². The molecule has 0 unspecified atom stereocenters. The minimum atomic E-state index is 0.0835. The number of benzene rings is 1. The van der Waals surface area contributed by atoms with Crippen LogP contribution in [0.15, 0.2) is 24.3 Å². The topological polar surface area (TPSA) is 82.7 Å². The van der Waals surface area contributed by atoms with Crippen LogP contribution in [0.5, 0.6) is 0 Å². The SMILES string of the molecule is Cc1c(C2CCOCC2)c(C#N)c2nc3ccccc3n2c1N1CCNC(=O)CC1. The van der Waals surface area contributed by atoms with Gasteiger partial charge in [0, 0.05) is 39.3 Å². The molecular formula is C23H25N5O2. The van der Waals surface area contributed by atoms with Crippen LogP contribution in [-0.4, -0.2) is 48.1 Å². The number of nitrogens with zero attached hydrogens (tertiary/aromatic N) is 4. The number of amides is 1. The summed E-state index contributed by atoms with van der Waals surface area (Å²) < 4.78 is 7.71. The number of imidazole rings is 1. The predicted octanol–water partition coefficient (Wildman–Crippen LogP) is 2.89. The van der Waals surface area contributed by atoms with Crippen molar-refractivity contribution < 1.29 is 9.53 Å². The first-order chi connectivity index (χ1) is 14.7. The maximum atomic E-state index is 12.0. The average molecular weight is 403 g/mol. The maximum absolute atomic E-state index is 12.0. The van der Waals surface area contributed by atoms with E-state index in [4.69, 9.17) is 9.72 Å². The second-order valence-electron chi connectivity index (χ2n) is 8.08. The zero-order chi connectivity index (χ0) is 20.7. The van der Waals surface area contributed by atoms with Crippen molar-refractivity contribution in [2.75, 3.05) is 37.7 Å². The largest absolute Gasteiger partial charge is 0.381 e. The van der Waals surface area contributed by atoms with E-state index in [1.54, 1.807) is 0 Å². The van der Waals surface area contributed by atoms with Gasteiger partial charge in [0.05, 0.1) is 16.6 Å². The van der Waals surface area contributed by atoms with Gasteiger partial charge in [0.2, 0.25) is 5.91 Å². The van der Waals surface area contributed by atoms with Gasteiger partial charge in [0.25, 0.3) is 0 Å². The highest BCUT2D eigenvalue weighted by atomic mass is 16.5. The molecule has 1 aromatic carbocycles. The first kappa shape index (κ1) is 18.9. The van der Waals surface area contributed by atoms with Crippen molar-refractivity contribution in [2.24, 2.45) is 0 Å². The van der Waals surface area contributed by atoms with Gasteiger partial charge >= 0.3 is 0 Å². The number of hydrogen-bond donors (Lipinski definition) is 1. The third kappa shape index (κ3) is 2.99. The van der Waals surface area contributed by atoms with Gasteiger partial charge in [-0.3, -0.25) is 9.20 Å². The predicted molar refractivity (Wildman–Crippen MR) is 115 cm³/mol. The Morgan fingerprint density at radius 1 is 1.23 bits per heavy atom. The van der Waals surface area contributed by atoms with Crippen molar-refractivity contribution in [3.05, 3.63) is 41.0 Å². The third-order valence-corrected chi connectivity index (χ3v) is 6.36. The molecule has 7 heteroatoms. The highest BCUT2D eigenvalue weighted by Crippen LogP contribution is 2.39. The molecule has 2 aliphatic rings. The monoisotopic (exact) mass is 403 g/mol. The van der Waals surface area contributed by atoms with Crippen LogP contribution >= 0.6 is 0 Å². The molecule has 0 saturated carbocycles. The van der Waals surface area contributed by atoms with E-state index in [1.807, 2.05) is 18.2 Å². The molecular weight excluding hydrogens is 378 g/mol. The smallest absolute Gasteiger partial charge is 0.221 e. The Bertz CT molecular complexity index is 1170. The molecule has 7 nitrogen and oxygen atoms in total. The van der Waals surface area contributed by atoms with Gasteiger partial charge in [-0.2, -0.15) is 5.26 Å². The number of hydrogen-bond acceptors (Lipinski definition) is 5. The molecule has 0 aliphatic carbocycles. The molecule has 1 N–H and O–H groups in total. The fraction of sp³-hybridized carbons (Fsp3) is 0.435. The van der Waals surface area contributed by atoms with Crippen LogP contribution in [0.2, 0.25) is 0 Å². The Labute approximate surface area is 175 Å².